The van der Waals surface area contributed by atoms with Crippen molar-refractivity contribution in [2.75, 3.05) is 6.54 Å². The summed E-state index contributed by atoms with van der Waals surface area (Å²) >= 11 is 0. The van der Waals surface area contributed by atoms with E-state index in [1.807, 2.05) is 23.6 Å². The molecule has 0 N–H and O–H groups in total. The zero-order valence-corrected chi connectivity index (χ0v) is 11.1. The number of pyridine rings is 1. The lowest BCUT2D eigenvalue weighted by atomic mass is 10.0. The van der Waals surface area contributed by atoms with Gasteiger partial charge < -0.3 is 4.90 Å². The SMILES string of the molecule is Cc1nn(C)c2c1CCN(C(=O)c1cccnc1)C2. The van der Waals surface area contributed by atoms with E-state index in [0.717, 1.165) is 24.4 Å². The molecule has 98 valence electrons. The summed E-state index contributed by atoms with van der Waals surface area (Å²) < 4.78 is 1.88. The van der Waals surface area contributed by atoms with E-state index in [1.54, 1.807) is 24.5 Å². The third-order valence-corrected chi connectivity index (χ3v) is 3.64. The first kappa shape index (κ1) is 11.9. The average Bonchev–Trinajstić information content (AvgIpc) is 2.74. The fourth-order valence-electron chi connectivity index (χ4n) is 2.62. The van der Waals surface area contributed by atoms with Crippen LogP contribution in [0.2, 0.25) is 0 Å². The molecule has 1 aliphatic rings. The normalized spacial score (nSPS) is 14.3. The molecular weight excluding hydrogens is 240 g/mol. The Bertz CT molecular complexity index is 618. The number of aryl methyl sites for hydroxylation is 2. The van der Waals surface area contributed by atoms with Crippen molar-refractivity contribution in [2.45, 2.75) is 19.9 Å². The molecule has 2 aromatic heterocycles. The average molecular weight is 256 g/mol. The van der Waals surface area contributed by atoms with Crippen molar-refractivity contribution in [3.05, 3.63) is 47.0 Å². The van der Waals surface area contributed by atoms with E-state index < -0.39 is 0 Å². The highest BCUT2D eigenvalue weighted by atomic mass is 16.2. The standard InChI is InChI=1S/C14H16N4O/c1-10-12-5-7-18(9-13(12)17(2)16-10)14(19)11-4-3-6-15-8-11/h3-4,6,8H,5,7,9H2,1-2H3. The number of aromatic nitrogens is 3. The molecule has 0 unspecified atom stereocenters. The van der Waals surface area contributed by atoms with E-state index in [-0.39, 0.29) is 5.91 Å². The van der Waals surface area contributed by atoms with Crippen molar-refractivity contribution in [1.82, 2.24) is 19.7 Å². The van der Waals surface area contributed by atoms with Crippen LogP contribution in [0.5, 0.6) is 0 Å². The molecule has 3 rings (SSSR count). The number of rotatable bonds is 1. The van der Waals surface area contributed by atoms with Gasteiger partial charge in [0, 0.05) is 26.0 Å². The Hall–Kier alpha value is -2.17. The summed E-state index contributed by atoms with van der Waals surface area (Å²) in [5.41, 5.74) is 4.15. The van der Waals surface area contributed by atoms with Crippen molar-refractivity contribution >= 4 is 5.91 Å². The van der Waals surface area contributed by atoms with Crippen LogP contribution in [0.25, 0.3) is 0 Å². The Morgan fingerprint density at radius 1 is 1.42 bits per heavy atom. The van der Waals surface area contributed by atoms with Gasteiger partial charge >= 0.3 is 0 Å². The first-order valence-corrected chi connectivity index (χ1v) is 6.37. The number of carbonyl (C=O) groups is 1. The molecule has 0 fully saturated rings. The lowest BCUT2D eigenvalue weighted by Gasteiger charge is -2.27. The molecule has 0 radical (unpaired) electrons. The van der Waals surface area contributed by atoms with E-state index in [2.05, 4.69) is 10.1 Å². The Labute approximate surface area is 111 Å². The summed E-state index contributed by atoms with van der Waals surface area (Å²) in [4.78, 5) is 18.2. The molecule has 0 saturated heterocycles. The zero-order valence-electron chi connectivity index (χ0n) is 11.1. The first-order valence-electron chi connectivity index (χ1n) is 6.37. The van der Waals surface area contributed by atoms with E-state index in [1.165, 1.54) is 5.56 Å². The van der Waals surface area contributed by atoms with Crippen molar-refractivity contribution in [3.63, 3.8) is 0 Å². The fourth-order valence-corrected chi connectivity index (χ4v) is 2.62. The number of hydrogen-bond donors (Lipinski definition) is 0. The third-order valence-electron chi connectivity index (χ3n) is 3.64. The van der Waals surface area contributed by atoms with Crippen LogP contribution in [0, 0.1) is 6.92 Å². The summed E-state index contributed by atoms with van der Waals surface area (Å²) in [6.45, 7) is 3.39. The Balaban J connectivity index is 1.86. The Kier molecular flexibility index (Phi) is 2.81. The molecule has 0 saturated carbocycles. The maximum Gasteiger partial charge on any atom is 0.255 e. The minimum atomic E-state index is 0.0394. The molecule has 0 bridgehead atoms. The summed E-state index contributed by atoms with van der Waals surface area (Å²) in [5, 5.41) is 4.43. The van der Waals surface area contributed by atoms with Gasteiger partial charge in [-0.05, 0) is 31.0 Å². The largest absolute Gasteiger partial charge is 0.332 e. The van der Waals surface area contributed by atoms with E-state index in [0.29, 0.717) is 12.1 Å². The van der Waals surface area contributed by atoms with Gasteiger partial charge in [-0.2, -0.15) is 5.10 Å². The second-order valence-electron chi connectivity index (χ2n) is 4.85. The highest BCUT2D eigenvalue weighted by molar-refractivity contribution is 5.94. The van der Waals surface area contributed by atoms with Crippen LogP contribution in [0.4, 0.5) is 0 Å². The molecule has 19 heavy (non-hydrogen) atoms. The van der Waals surface area contributed by atoms with Crippen LogP contribution in [0.15, 0.2) is 24.5 Å². The highest BCUT2D eigenvalue weighted by Crippen LogP contribution is 2.22. The third kappa shape index (κ3) is 2.01. The number of amides is 1. The second kappa shape index (κ2) is 4.50. The summed E-state index contributed by atoms with van der Waals surface area (Å²) in [5.74, 6) is 0.0394. The number of hydrogen-bond acceptors (Lipinski definition) is 3. The van der Waals surface area contributed by atoms with Gasteiger partial charge in [0.15, 0.2) is 0 Å². The van der Waals surface area contributed by atoms with Crippen LogP contribution in [-0.2, 0) is 20.0 Å². The van der Waals surface area contributed by atoms with Crippen LogP contribution in [-0.4, -0.2) is 32.1 Å². The zero-order chi connectivity index (χ0) is 13.4. The van der Waals surface area contributed by atoms with Gasteiger partial charge in [-0.3, -0.25) is 14.5 Å². The minimum Gasteiger partial charge on any atom is -0.332 e. The molecule has 0 atom stereocenters. The predicted molar refractivity (Wildman–Crippen MR) is 70.6 cm³/mol. The van der Waals surface area contributed by atoms with Crippen LogP contribution < -0.4 is 0 Å². The number of nitrogens with zero attached hydrogens (tertiary/aromatic N) is 4. The topological polar surface area (TPSA) is 51.0 Å². The smallest absolute Gasteiger partial charge is 0.255 e. The number of fused-ring (bicyclic) bond motifs is 1. The summed E-state index contributed by atoms with van der Waals surface area (Å²) in [6.07, 6.45) is 4.17. The summed E-state index contributed by atoms with van der Waals surface area (Å²) in [6, 6.07) is 3.59. The molecule has 2 aromatic rings. The molecule has 0 spiro atoms. The predicted octanol–water partition coefficient (Wildman–Crippen LogP) is 1.32. The van der Waals surface area contributed by atoms with Crippen molar-refractivity contribution in [1.29, 1.82) is 0 Å². The molecule has 0 aliphatic carbocycles. The van der Waals surface area contributed by atoms with E-state index in [4.69, 9.17) is 0 Å². The maximum atomic E-state index is 12.4. The highest BCUT2D eigenvalue weighted by Gasteiger charge is 2.25. The summed E-state index contributed by atoms with van der Waals surface area (Å²) in [7, 11) is 1.93. The second-order valence-corrected chi connectivity index (χ2v) is 4.85. The van der Waals surface area contributed by atoms with Gasteiger partial charge in [-0.1, -0.05) is 0 Å². The minimum absolute atomic E-state index is 0.0394. The maximum absolute atomic E-state index is 12.4. The van der Waals surface area contributed by atoms with Crippen molar-refractivity contribution in [3.8, 4) is 0 Å². The molecule has 5 heteroatoms. The van der Waals surface area contributed by atoms with Gasteiger partial charge in [0.2, 0.25) is 0 Å². The Morgan fingerprint density at radius 2 is 2.26 bits per heavy atom. The molecule has 5 nitrogen and oxygen atoms in total. The quantitative estimate of drug-likeness (QED) is 0.773. The van der Waals surface area contributed by atoms with Crippen molar-refractivity contribution < 1.29 is 4.79 Å². The van der Waals surface area contributed by atoms with E-state index >= 15 is 0 Å². The van der Waals surface area contributed by atoms with E-state index in [9.17, 15) is 4.79 Å². The van der Waals surface area contributed by atoms with Crippen LogP contribution in [0.3, 0.4) is 0 Å². The lowest BCUT2D eigenvalue weighted by Crippen LogP contribution is -2.36. The first-order chi connectivity index (χ1) is 9.16. The molecule has 1 aliphatic heterocycles. The molecule has 1 amide bonds. The van der Waals surface area contributed by atoms with Crippen molar-refractivity contribution in [2.24, 2.45) is 7.05 Å². The molecular formula is C14H16N4O. The molecule has 3 heterocycles. The number of carbonyl (C=O) groups excluding carboxylic acids is 1. The molecule has 0 aromatic carbocycles. The fraction of sp³-hybridized carbons (Fsp3) is 0.357. The van der Waals surface area contributed by atoms with Crippen LogP contribution in [0.1, 0.15) is 27.3 Å². The van der Waals surface area contributed by atoms with Gasteiger partial charge in [-0.15, -0.1) is 0 Å². The van der Waals surface area contributed by atoms with Gasteiger partial charge in [0.05, 0.1) is 23.5 Å². The van der Waals surface area contributed by atoms with Gasteiger partial charge in [-0.25, -0.2) is 0 Å². The van der Waals surface area contributed by atoms with Crippen LogP contribution >= 0.6 is 0 Å². The van der Waals surface area contributed by atoms with Gasteiger partial charge in [0.1, 0.15) is 0 Å². The lowest BCUT2D eigenvalue weighted by molar-refractivity contribution is 0.0730. The van der Waals surface area contributed by atoms with Gasteiger partial charge in [0.25, 0.3) is 5.91 Å². The monoisotopic (exact) mass is 256 g/mol. The Morgan fingerprint density at radius 3 is 3.00 bits per heavy atom.